The Balaban J connectivity index is 1.75. The average Bonchev–Trinajstić information content (AvgIpc) is 2.46. The lowest BCUT2D eigenvalue weighted by molar-refractivity contribution is -0.183. The van der Waals surface area contributed by atoms with Gasteiger partial charge in [0.2, 0.25) is 0 Å². The molecular formula is C14H20N2O3. The molecule has 0 amide bonds. The largest absolute Gasteiger partial charge is 0.480 e. The molecule has 2 N–H and O–H groups in total. The predicted octanol–water partition coefficient (Wildman–Crippen LogP) is 1.26. The molecule has 1 aromatic rings. The highest BCUT2D eigenvalue weighted by Crippen LogP contribution is 2.14. The lowest BCUT2D eigenvalue weighted by Crippen LogP contribution is -2.51. The van der Waals surface area contributed by atoms with Crippen LogP contribution in [0.5, 0.6) is 0 Å². The molecule has 19 heavy (non-hydrogen) atoms. The number of carboxylic acids is 1. The first-order valence-electron chi connectivity index (χ1n) is 6.52. The molecule has 1 heterocycles. The van der Waals surface area contributed by atoms with Crippen LogP contribution in [0.4, 0.5) is 0 Å². The number of benzene rings is 1. The molecule has 0 saturated carbocycles. The van der Waals surface area contributed by atoms with E-state index >= 15 is 0 Å². The van der Waals surface area contributed by atoms with Gasteiger partial charge < -0.3 is 10.4 Å². The fourth-order valence-corrected chi connectivity index (χ4v) is 2.22. The van der Waals surface area contributed by atoms with Crippen molar-refractivity contribution in [1.29, 1.82) is 0 Å². The van der Waals surface area contributed by atoms with Gasteiger partial charge in [0.25, 0.3) is 0 Å². The van der Waals surface area contributed by atoms with E-state index in [0.717, 1.165) is 12.0 Å². The Hall–Kier alpha value is -1.43. The van der Waals surface area contributed by atoms with Gasteiger partial charge in [0, 0.05) is 19.6 Å². The number of carbonyl (C=O) groups is 1. The van der Waals surface area contributed by atoms with Gasteiger partial charge in [0.15, 0.2) is 0 Å². The van der Waals surface area contributed by atoms with Crippen LogP contribution < -0.4 is 5.32 Å². The fourth-order valence-electron chi connectivity index (χ4n) is 2.22. The monoisotopic (exact) mass is 264 g/mol. The molecule has 0 bridgehead atoms. The molecule has 1 aliphatic heterocycles. The normalized spacial score (nSPS) is 23.5. The smallest absolute Gasteiger partial charge is 0.320 e. The van der Waals surface area contributed by atoms with Crippen molar-refractivity contribution >= 4 is 5.97 Å². The van der Waals surface area contributed by atoms with Gasteiger partial charge in [-0.25, -0.2) is 0 Å². The number of nitrogens with zero attached hydrogens (tertiary/aromatic N) is 1. The van der Waals surface area contributed by atoms with Crippen LogP contribution in [0.2, 0.25) is 0 Å². The second-order valence-electron chi connectivity index (χ2n) is 4.84. The van der Waals surface area contributed by atoms with E-state index in [4.69, 9.17) is 9.94 Å². The van der Waals surface area contributed by atoms with Gasteiger partial charge in [-0.1, -0.05) is 30.3 Å². The van der Waals surface area contributed by atoms with Crippen molar-refractivity contribution in [3.8, 4) is 0 Å². The van der Waals surface area contributed by atoms with Crippen LogP contribution in [0.1, 0.15) is 18.4 Å². The van der Waals surface area contributed by atoms with Crippen LogP contribution in [0.3, 0.4) is 0 Å². The van der Waals surface area contributed by atoms with Crippen LogP contribution in [0, 0.1) is 0 Å². The summed E-state index contributed by atoms with van der Waals surface area (Å²) in [6.45, 7) is 1.18. The Morgan fingerprint density at radius 1 is 1.42 bits per heavy atom. The van der Waals surface area contributed by atoms with Crippen LogP contribution in [0.15, 0.2) is 30.3 Å². The maximum atomic E-state index is 10.8. The van der Waals surface area contributed by atoms with E-state index in [1.54, 1.807) is 0 Å². The maximum absolute atomic E-state index is 10.8. The third kappa shape index (κ3) is 4.02. The predicted molar refractivity (Wildman–Crippen MR) is 71.4 cm³/mol. The zero-order chi connectivity index (χ0) is 13.7. The number of hydrogen-bond donors (Lipinski definition) is 2. The molecule has 0 radical (unpaired) electrons. The number of piperidine rings is 1. The number of hydroxylamine groups is 2. The van der Waals surface area contributed by atoms with E-state index in [9.17, 15) is 4.79 Å². The molecule has 0 aliphatic carbocycles. The number of hydrogen-bond acceptors (Lipinski definition) is 4. The summed E-state index contributed by atoms with van der Waals surface area (Å²) in [7, 11) is 1.90. The van der Waals surface area contributed by atoms with Gasteiger partial charge in [0.05, 0.1) is 6.61 Å². The highest BCUT2D eigenvalue weighted by Gasteiger charge is 2.27. The van der Waals surface area contributed by atoms with Crippen molar-refractivity contribution in [3.05, 3.63) is 35.9 Å². The zero-order valence-corrected chi connectivity index (χ0v) is 11.1. The highest BCUT2D eigenvalue weighted by molar-refractivity contribution is 5.73. The Kier molecular flexibility index (Phi) is 4.90. The highest BCUT2D eigenvalue weighted by atomic mass is 16.7. The summed E-state index contributed by atoms with van der Waals surface area (Å²) in [4.78, 5) is 16.5. The van der Waals surface area contributed by atoms with Gasteiger partial charge in [-0.2, -0.15) is 5.06 Å². The minimum atomic E-state index is -0.772. The first kappa shape index (κ1) is 14.0. The molecule has 104 valence electrons. The van der Waals surface area contributed by atoms with Crippen LogP contribution in [-0.2, 0) is 16.2 Å². The zero-order valence-electron chi connectivity index (χ0n) is 11.1. The summed E-state index contributed by atoms with van der Waals surface area (Å²) < 4.78 is 0. The maximum Gasteiger partial charge on any atom is 0.320 e. The molecule has 2 rings (SSSR count). The Labute approximate surface area is 113 Å². The fraction of sp³-hybridized carbons (Fsp3) is 0.500. The number of carboxylic acid groups (broad SMARTS) is 1. The van der Waals surface area contributed by atoms with Crippen molar-refractivity contribution in [3.63, 3.8) is 0 Å². The number of rotatable bonds is 5. The lowest BCUT2D eigenvalue weighted by atomic mass is 10.0. The molecule has 0 aromatic heterocycles. The van der Waals surface area contributed by atoms with E-state index in [0.29, 0.717) is 19.6 Å². The lowest BCUT2D eigenvalue weighted by Gasteiger charge is -2.33. The number of nitrogens with one attached hydrogen (secondary N) is 1. The number of likely N-dealkylation sites (N-methyl/N-ethyl adjacent to an activating group) is 1. The second kappa shape index (κ2) is 6.65. The van der Waals surface area contributed by atoms with E-state index < -0.39 is 12.0 Å². The molecule has 1 saturated heterocycles. The summed E-state index contributed by atoms with van der Waals surface area (Å²) in [5.41, 5.74) is 1.13. The van der Waals surface area contributed by atoms with E-state index in [1.165, 1.54) is 0 Å². The average molecular weight is 264 g/mol. The van der Waals surface area contributed by atoms with Gasteiger partial charge in [-0.15, -0.1) is 0 Å². The van der Waals surface area contributed by atoms with E-state index in [-0.39, 0.29) is 6.04 Å². The van der Waals surface area contributed by atoms with Crippen molar-refractivity contribution in [2.24, 2.45) is 0 Å². The summed E-state index contributed by atoms with van der Waals surface area (Å²) in [6.07, 6.45) is 1.47. The molecule has 2 atom stereocenters. The van der Waals surface area contributed by atoms with Crippen LogP contribution >= 0.6 is 0 Å². The summed E-state index contributed by atoms with van der Waals surface area (Å²) in [5.74, 6) is -0.772. The third-order valence-corrected chi connectivity index (χ3v) is 3.48. The number of aliphatic carboxylic acids is 1. The summed E-state index contributed by atoms with van der Waals surface area (Å²) in [6, 6.07) is 9.79. The molecule has 0 unspecified atom stereocenters. The summed E-state index contributed by atoms with van der Waals surface area (Å²) >= 11 is 0. The molecular weight excluding hydrogens is 244 g/mol. The molecule has 1 fully saturated rings. The molecule has 5 nitrogen and oxygen atoms in total. The van der Waals surface area contributed by atoms with E-state index in [1.807, 2.05) is 42.4 Å². The third-order valence-electron chi connectivity index (χ3n) is 3.48. The van der Waals surface area contributed by atoms with Gasteiger partial charge in [0.1, 0.15) is 6.04 Å². The minimum Gasteiger partial charge on any atom is -0.480 e. The molecule has 5 heteroatoms. The van der Waals surface area contributed by atoms with Crippen molar-refractivity contribution in [1.82, 2.24) is 10.4 Å². The van der Waals surface area contributed by atoms with Crippen molar-refractivity contribution < 1.29 is 14.7 Å². The first-order chi connectivity index (χ1) is 9.16. The first-order valence-corrected chi connectivity index (χ1v) is 6.52. The second-order valence-corrected chi connectivity index (χ2v) is 4.84. The molecule has 0 spiro atoms. The minimum absolute atomic E-state index is 0.222. The van der Waals surface area contributed by atoms with Crippen molar-refractivity contribution in [2.75, 3.05) is 13.6 Å². The molecule has 1 aromatic carbocycles. The van der Waals surface area contributed by atoms with Gasteiger partial charge in [-0.3, -0.25) is 9.63 Å². The standard InChI is InChI=1S/C14H20N2O3/c1-16(19-10-11-5-3-2-4-6-11)12-7-8-13(14(17)18)15-9-12/h2-6,12-13,15H,7-10H2,1H3,(H,17,18)/t12-,13+/m1/s1. The Morgan fingerprint density at radius 3 is 2.74 bits per heavy atom. The Bertz CT molecular complexity index is 402. The van der Waals surface area contributed by atoms with Crippen LogP contribution in [-0.4, -0.2) is 41.8 Å². The van der Waals surface area contributed by atoms with Crippen LogP contribution in [0.25, 0.3) is 0 Å². The Morgan fingerprint density at radius 2 is 2.16 bits per heavy atom. The quantitative estimate of drug-likeness (QED) is 0.784. The SMILES string of the molecule is CN(OCc1ccccc1)[C@@H]1CC[C@@H](C(=O)O)NC1. The van der Waals surface area contributed by atoms with E-state index in [2.05, 4.69) is 5.32 Å². The molecule has 1 aliphatic rings. The topological polar surface area (TPSA) is 61.8 Å². The van der Waals surface area contributed by atoms with Gasteiger partial charge >= 0.3 is 5.97 Å². The van der Waals surface area contributed by atoms with Crippen molar-refractivity contribution in [2.45, 2.75) is 31.5 Å². The van der Waals surface area contributed by atoms with Gasteiger partial charge in [-0.05, 0) is 18.4 Å². The summed E-state index contributed by atoms with van der Waals surface area (Å²) in [5, 5.41) is 13.8.